The van der Waals surface area contributed by atoms with Crippen molar-refractivity contribution in [3.05, 3.63) is 64.8 Å². The first-order valence-corrected chi connectivity index (χ1v) is 6.36. The maximum atomic E-state index is 13.2. The standard InChI is InChI=1S/C14H10BrFN2/c15-13-9-18(14-7-17-5-4-12(13)14)8-10-2-1-3-11(16)6-10/h1-7,9H,8H2. The lowest BCUT2D eigenvalue weighted by molar-refractivity contribution is 0.624. The number of aromatic nitrogens is 2. The van der Waals surface area contributed by atoms with Gasteiger partial charge in [-0.15, -0.1) is 0 Å². The lowest BCUT2D eigenvalue weighted by Crippen LogP contribution is -1.98. The minimum atomic E-state index is -0.207. The van der Waals surface area contributed by atoms with E-state index in [2.05, 4.69) is 25.5 Å². The molecule has 0 aliphatic heterocycles. The van der Waals surface area contributed by atoms with Crippen LogP contribution >= 0.6 is 15.9 Å². The molecule has 0 atom stereocenters. The van der Waals surface area contributed by atoms with E-state index in [9.17, 15) is 4.39 Å². The van der Waals surface area contributed by atoms with Gasteiger partial charge < -0.3 is 4.57 Å². The quantitative estimate of drug-likeness (QED) is 0.700. The summed E-state index contributed by atoms with van der Waals surface area (Å²) >= 11 is 3.52. The van der Waals surface area contributed by atoms with E-state index in [-0.39, 0.29) is 5.82 Å². The van der Waals surface area contributed by atoms with Crippen LogP contribution < -0.4 is 0 Å². The lowest BCUT2D eigenvalue weighted by atomic mass is 10.2. The highest BCUT2D eigenvalue weighted by Gasteiger charge is 2.06. The van der Waals surface area contributed by atoms with E-state index in [0.29, 0.717) is 6.54 Å². The number of hydrogen-bond acceptors (Lipinski definition) is 1. The van der Waals surface area contributed by atoms with Crippen LogP contribution in [0.3, 0.4) is 0 Å². The zero-order valence-electron chi connectivity index (χ0n) is 9.48. The van der Waals surface area contributed by atoms with Crippen LogP contribution in [0.25, 0.3) is 10.9 Å². The Morgan fingerprint density at radius 1 is 1.28 bits per heavy atom. The molecule has 2 aromatic heterocycles. The van der Waals surface area contributed by atoms with Crippen molar-refractivity contribution in [2.45, 2.75) is 6.54 Å². The van der Waals surface area contributed by atoms with Crippen LogP contribution in [0.4, 0.5) is 4.39 Å². The van der Waals surface area contributed by atoms with Crippen LogP contribution in [-0.4, -0.2) is 9.55 Å². The lowest BCUT2D eigenvalue weighted by Gasteiger charge is -2.05. The molecule has 0 aliphatic rings. The van der Waals surface area contributed by atoms with Gasteiger partial charge in [0.1, 0.15) is 5.82 Å². The second-order valence-corrected chi connectivity index (χ2v) is 4.98. The molecule has 0 N–H and O–H groups in total. The van der Waals surface area contributed by atoms with E-state index < -0.39 is 0 Å². The number of pyridine rings is 1. The maximum absolute atomic E-state index is 13.2. The molecule has 4 heteroatoms. The van der Waals surface area contributed by atoms with E-state index in [1.807, 2.05) is 24.5 Å². The van der Waals surface area contributed by atoms with Crippen molar-refractivity contribution in [3.8, 4) is 0 Å². The Hall–Kier alpha value is -1.68. The van der Waals surface area contributed by atoms with E-state index in [1.54, 1.807) is 18.3 Å². The van der Waals surface area contributed by atoms with Gasteiger partial charge in [0.2, 0.25) is 0 Å². The first-order valence-electron chi connectivity index (χ1n) is 5.57. The maximum Gasteiger partial charge on any atom is 0.123 e. The van der Waals surface area contributed by atoms with Crippen molar-refractivity contribution in [2.24, 2.45) is 0 Å². The normalized spacial score (nSPS) is 11.0. The first kappa shape index (κ1) is 11.4. The molecule has 18 heavy (non-hydrogen) atoms. The summed E-state index contributed by atoms with van der Waals surface area (Å²) in [6.07, 6.45) is 5.58. The highest BCUT2D eigenvalue weighted by molar-refractivity contribution is 9.10. The Morgan fingerprint density at radius 2 is 2.17 bits per heavy atom. The summed E-state index contributed by atoms with van der Waals surface area (Å²) in [5.41, 5.74) is 1.97. The fourth-order valence-electron chi connectivity index (χ4n) is 2.06. The van der Waals surface area contributed by atoms with Crippen LogP contribution in [0.5, 0.6) is 0 Å². The van der Waals surface area contributed by atoms with Gasteiger partial charge in [-0.1, -0.05) is 12.1 Å². The number of nitrogens with zero attached hydrogens (tertiary/aromatic N) is 2. The van der Waals surface area contributed by atoms with Crippen molar-refractivity contribution in [3.63, 3.8) is 0 Å². The number of rotatable bonds is 2. The minimum absolute atomic E-state index is 0.207. The summed E-state index contributed by atoms with van der Waals surface area (Å²) in [5, 5.41) is 1.11. The van der Waals surface area contributed by atoms with Crippen LogP contribution in [0.2, 0.25) is 0 Å². The molecule has 2 nitrogen and oxygen atoms in total. The number of halogens is 2. The summed E-state index contributed by atoms with van der Waals surface area (Å²) < 4.78 is 16.2. The minimum Gasteiger partial charge on any atom is -0.341 e. The van der Waals surface area contributed by atoms with Crippen LogP contribution in [-0.2, 0) is 6.54 Å². The van der Waals surface area contributed by atoms with Crippen molar-refractivity contribution in [1.29, 1.82) is 0 Å². The van der Waals surface area contributed by atoms with Crippen molar-refractivity contribution >= 4 is 26.8 Å². The fourth-order valence-corrected chi connectivity index (χ4v) is 2.64. The number of benzene rings is 1. The third-order valence-electron chi connectivity index (χ3n) is 2.88. The topological polar surface area (TPSA) is 17.8 Å². The largest absolute Gasteiger partial charge is 0.341 e. The third-order valence-corrected chi connectivity index (χ3v) is 3.51. The summed E-state index contributed by atoms with van der Waals surface area (Å²) in [7, 11) is 0. The van der Waals surface area contributed by atoms with E-state index in [4.69, 9.17) is 0 Å². The highest BCUT2D eigenvalue weighted by Crippen LogP contribution is 2.25. The second kappa shape index (κ2) is 4.53. The Balaban J connectivity index is 2.05. The molecule has 3 aromatic rings. The van der Waals surface area contributed by atoms with Gasteiger partial charge >= 0.3 is 0 Å². The molecule has 0 spiro atoms. The summed E-state index contributed by atoms with van der Waals surface area (Å²) in [4.78, 5) is 4.13. The van der Waals surface area contributed by atoms with Gasteiger partial charge in [0.15, 0.2) is 0 Å². The molecule has 0 aliphatic carbocycles. The summed E-state index contributed by atoms with van der Waals surface area (Å²) in [6, 6.07) is 8.61. The number of hydrogen-bond donors (Lipinski definition) is 0. The van der Waals surface area contributed by atoms with Crippen molar-refractivity contribution < 1.29 is 4.39 Å². The molecule has 3 rings (SSSR count). The van der Waals surface area contributed by atoms with Crippen molar-refractivity contribution in [1.82, 2.24) is 9.55 Å². The average Bonchev–Trinajstić information content (AvgIpc) is 2.67. The van der Waals surface area contributed by atoms with E-state index in [1.165, 1.54) is 6.07 Å². The van der Waals surface area contributed by atoms with Gasteiger partial charge in [-0.05, 0) is 39.7 Å². The average molecular weight is 305 g/mol. The molecular formula is C14H10BrFN2. The van der Waals surface area contributed by atoms with Crippen molar-refractivity contribution in [2.75, 3.05) is 0 Å². The van der Waals surface area contributed by atoms with E-state index >= 15 is 0 Å². The molecule has 0 saturated carbocycles. The molecule has 0 fully saturated rings. The first-order chi connectivity index (χ1) is 8.74. The van der Waals surface area contributed by atoms with Gasteiger partial charge in [-0.3, -0.25) is 4.98 Å². The fraction of sp³-hybridized carbons (Fsp3) is 0.0714. The SMILES string of the molecule is Fc1cccc(Cn2cc(Br)c3ccncc32)c1. The smallest absolute Gasteiger partial charge is 0.123 e. The Labute approximate surface area is 112 Å². The van der Waals surface area contributed by atoms with Gasteiger partial charge in [-0.2, -0.15) is 0 Å². The molecule has 1 aromatic carbocycles. The molecule has 0 saturated heterocycles. The Bertz CT molecular complexity index is 706. The van der Waals surface area contributed by atoms with E-state index in [0.717, 1.165) is 20.9 Å². The zero-order chi connectivity index (χ0) is 12.5. The molecule has 2 heterocycles. The molecule has 0 unspecified atom stereocenters. The predicted molar refractivity (Wildman–Crippen MR) is 72.9 cm³/mol. The predicted octanol–water partition coefficient (Wildman–Crippen LogP) is 3.99. The van der Waals surface area contributed by atoms with Gasteiger partial charge in [0, 0.05) is 28.8 Å². The highest BCUT2D eigenvalue weighted by atomic mass is 79.9. The number of fused-ring (bicyclic) bond motifs is 1. The summed E-state index contributed by atoms with van der Waals surface area (Å²) in [6.45, 7) is 0.631. The molecule has 0 amide bonds. The monoisotopic (exact) mass is 304 g/mol. The Kier molecular flexibility index (Phi) is 2.88. The Morgan fingerprint density at radius 3 is 3.00 bits per heavy atom. The second-order valence-electron chi connectivity index (χ2n) is 4.13. The van der Waals surface area contributed by atoms with Gasteiger partial charge in [0.25, 0.3) is 0 Å². The van der Waals surface area contributed by atoms with Crippen LogP contribution in [0.1, 0.15) is 5.56 Å². The zero-order valence-corrected chi connectivity index (χ0v) is 11.1. The van der Waals surface area contributed by atoms with Gasteiger partial charge in [0.05, 0.1) is 11.7 Å². The van der Waals surface area contributed by atoms with Crippen LogP contribution in [0, 0.1) is 5.82 Å². The molecule has 90 valence electrons. The molecule has 0 bridgehead atoms. The van der Waals surface area contributed by atoms with Crippen LogP contribution in [0.15, 0.2) is 53.4 Å². The van der Waals surface area contributed by atoms with Gasteiger partial charge in [-0.25, -0.2) is 4.39 Å². The summed E-state index contributed by atoms with van der Waals surface area (Å²) in [5.74, 6) is -0.207. The third kappa shape index (κ3) is 2.04. The molecule has 0 radical (unpaired) electrons. The molecular weight excluding hydrogens is 295 g/mol.